The molecule has 6 N–H and O–H groups in total. The van der Waals surface area contributed by atoms with Gasteiger partial charge in [-0.05, 0) is 79.7 Å². The number of carbonyl (C=O) groups is 5. The van der Waals surface area contributed by atoms with Crippen LogP contribution in [0.3, 0.4) is 0 Å². The second-order valence-corrected chi connectivity index (χ2v) is 13.0. The average Bonchev–Trinajstić information content (AvgIpc) is 3.63. The van der Waals surface area contributed by atoms with Crippen LogP contribution in [0.5, 0.6) is 0 Å². The van der Waals surface area contributed by atoms with Gasteiger partial charge in [-0.2, -0.15) is 0 Å². The van der Waals surface area contributed by atoms with Crippen LogP contribution in [-0.4, -0.2) is 87.4 Å². The van der Waals surface area contributed by atoms with Crippen LogP contribution >= 0.6 is 0 Å². The number of aryl methyl sites for hydroxylation is 1. The van der Waals surface area contributed by atoms with E-state index in [9.17, 15) is 19.2 Å². The quantitative estimate of drug-likeness (QED) is 0.0957. The number of amides is 4. The number of nitrogens with one attached hydrogen (secondary N) is 4. The molecule has 1 aliphatic rings. The van der Waals surface area contributed by atoms with Gasteiger partial charge in [-0.15, -0.1) is 11.8 Å². The highest BCUT2D eigenvalue weighted by Crippen LogP contribution is 2.22. The van der Waals surface area contributed by atoms with E-state index in [1.54, 1.807) is 0 Å². The number of benzene rings is 2. The summed E-state index contributed by atoms with van der Waals surface area (Å²) in [6.07, 6.45) is 5.75. The molecule has 1 heterocycles. The number of rotatable bonds is 16. The van der Waals surface area contributed by atoms with Gasteiger partial charge >= 0.3 is 6.09 Å². The summed E-state index contributed by atoms with van der Waals surface area (Å²) in [6.45, 7) is 11.7. The van der Waals surface area contributed by atoms with Gasteiger partial charge in [0.2, 0.25) is 18.2 Å². The molecule has 3 rings (SSSR count). The van der Waals surface area contributed by atoms with Crippen LogP contribution in [-0.2, 0) is 30.3 Å². The fourth-order valence-electron chi connectivity index (χ4n) is 5.60. The Hall–Kier alpha value is -4.89. The van der Waals surface area contributed by atoms with Gasteiger partial charge in [-0.3, -0.25) is 14.4 Å². The van der Waals surface area contributed by atoms with Gasteiger partial charge in [0, 0.05) is 38.8 Å². The molecule has 286 valence electrons. The maximum atomic E-state index is 12.5. The molecule has 2 aromatic carbocycles. The molecule has 0 aliphatic carbocycles. The first kappa shape index (κ1) is 45.1. The lowest BCUT2D eigenvalue weighted by Crippen LogP contribution is -2.52. The largest absolute Gasteiger partial charge is 0.453 e. The first-order chi connectivity index (χ1) is 25.0. The summed E-state index contributed by atoms with van der Waals surface area (Å²) in [7, 11) is 3.18. The SMILES string of the molecule is CC#CCCNC(C(=O)NCCCCc1ccc(-c2ccc(NC)cc2)cc1)C(C)C.COC(=O)NC(C(=O)N1CCCC1C=O)C(C)C.NC=O. The maximum Gasteiger partial charge on any atom is 0.407 e. The molecule has 4 amide bonds. The monoisotopic (exact) mass is 720 g/mol. The molecule has 2 aromatic rings. The molecule has 0 saturated carbocycles. The second kappa shape index (κ2) is 26.0. The Morgan fingerprint density at radius 1 is 0.942 bits per heavy atom. The topological polar surface area (TPSA) is 172 Å². The Labute approximate surface area is 310 Å². The van der Waals surface area contributed by atoms with E-state index < -0.39 is 12.1 Å². The third kappa shape index (κ3) is 16.4. The molecule has 0 spiro atoms. The number of anilines is 1. The van der Waals surface area contributed by atoms with Crippen molar-refractivity contribution in [3.05, 3.63) is 54.1 Å². The molecule has 3 atom stereocenters. The van der Waals surface area contributed by atoms with E-state index in [2.05, 4.69) is 106 Å². The third-order valence-corrected chi connectivity index (χ3v) is 8.52. The third-order valence-electron chi connectivity index (χ3n) is 8.52. The molecule has 52 heavy (non-hydrogen) atoms. The minimum Gasteiger partial charge on any atom is -0.453 e. The van der Waals surface area contributed by atoms with Gasteiger partial charge in [-0.1, -0.05) is 64.1 Å². The minimum atomic E-state index is -0.655. The maximum absolute atomic E-state index is 12.5. The number of nitrogens with two attached hydrogens (primary N) is 1. The molecular formula is C40H60N6O6. The Balaban J connectivity index is 0.000000544. The number of hydrogen-bond donors (Lipinski definition) is 5. The summed E-state index contributed by atoms with van der Waals surface area (Å²) >= 11 is 0. The van der Waals surface area contributed by atoms with Gasteiger partial charge in [0.25, 0.3) is 0 Å². The predicted octanol–water partition coefficient (Wildman–Crippen LogP) is 4.52. The molecule has 0 radical (unpaired) electrons. The fraction of sp³-hybridized carbons (Fsp3) is 0.525. The molecule has 0 aromatic heterocycles. The van der Waals surface area contributed by atoms with Gasteiger partial charge in [0.1, 0.15) is 12.3 Å². The van der Waals surface area contributed by atoms with E-state index in [4.69, 9.17) is 4.79 Å². The van der Waals surface area contributed by atoms with Crippen LogP contribution in [0.4, 0.5) is 10.5 Å². The summed E-state index contributed by atoms with van der Waals surface area (Å²) in [6, 6.07) is 16.1. The lowest BCUT2D eigenvalue weighted by molar-refractivity contribution is -0.137. The van der Waals surface area contributed by atoms with E-state index in [-0.39, 0.29) is 42.1 Å². The van der Waals surface area contributed by atoms with Crippen LogP contribution < -0.4 is 27.0 Å². The standard InChI is InChI=1S/C27H37N3O.C12H20N2O4.CH3NO/c1-5-6-8-19-29-26(21(2)3)27(31)30-20-9-7-10-22-11-13-23(14-12-22)24-15-17-25(28-4)18-16-24;1-8(2)10(13-12(17)18-3)11(16)14-6-4-5-9(14)7-15;2-1-3/h11-18,21,26,28-29H,7-10,19-20H2,1-4H3,(H,30,31);7-10H,4-6H2,1-3H3,(H,13,17);1H,(H2,2,3). The summed E-state index contributed by atoms with van der Waals surface area (Å²) < 4.78 is 4.51. The molecule has 12 nitrogen and oxygen atoms in total. The van der Waals surface area contributed by atoms with Crippen LogP contribution in [0.1, 0.15) is 72.3 Å². The molecule has 1 saturated heterocycles. The second-order valence-electron chi connectivity index (χ2n) is 13.0. The number of primary amides is 1. The molecule has 12 heteroatoms. The highest BCUT2D eigenvalue weighted by atomic mass is 16.5. The van der Waals surface area contributed by atoms with Gasteiger partial charge in [0.05, 0.1) is 19.2 Å². The van der Waals surface area contributed by atoms with Crippen LogP contribution in [0.25, 0.3) is 11.1 Å². The highest BCUT2D eigenvalue weighted by Gasteiger charge is 2.35. The number of nitrogens with zero attached hydrogens (tertiary/aromatic N) is 1. The number of methoxy groups -OCH3 is 1. The Morgan fingerprint density at radius 3 is 2.06 bits per heavy atom. The normalized spacial score (nSPS) is 14.2. The minimum absolute atomic E-state index is 0.0653. The van der Waals surface area contributed by atoms with Crippen LogP contribution in [0.2, 0.25) is 0 Å². The number of likely N-dealkylation sites (tertiary alicyclic amines) is 1. The predicted molar refractivity (Wildman–Crippen MR) is 207 cm³/mol. The van der Waals surface area contributed by atoms with Crippen molar-refractivity contribution < 1.29 is 28.7 Å². The van der Waals surface area contributed by atoms with E-state index in [1.165, 1.54) is 28.7 Å². The van der Waals surface area contributed by atoms with Crippen molar-refractivity contribution in [2.45, 2.75) is 91.3 Å². The van der Waals surface area contributed by atoms with Crippen LogP contribution in [0.15, 0.2) is 48.5 Å². The molecular weight excluding hydrogens is 660 g/mol. The van der Waals surface area contributed by atoms with Gasteiger partial charge < -0.3 is 41.4 Å². The number of unbranched alkanes of at least 4 members (excludes halogenated alkanes) is 1. The lowest BCUT2D eigenvalue weighted by Gasteiger charge is -2.28. The summed E-state index contributed by atoms with van der Waals surface area (Å²) in [5.74, 6) is 5.97. The summed E-state index contributed by atoms with van der Waals surface area (Å²) in [5.41, 5.74) is 9.08. The average molecular weight is 721 g/mol. The zero-order valence-corrected chi connectivity index (χ0v) is 32.0. The Kier molecular flexibility index (Phi) is 22.5. The molecule has 3 unspecified atom stereocenters. The van der Waals surface area contributed by atoms with Gasteiger partial charge in [0.15, 0.2) is 0 Å². The van der Waals surface area contributed by atoms with E-state index >= 15 is 0 Å². The number of carbonyl (C=O) groups excluding carboxylic acids is 5. The number of aldehydes is 1. The van der Waals surface area contributed by atoms with Crippen molar-refractivity contribution in [3.8, 4) is 23.0 Å². The van der Waals surface area contributed by atoms with Crippen molar-refractivity contribution in [1.29, 1.82) is 0 Å². The van der Waals surface area contributed by atoms with E-state index in [1.807, 2.05) is 27.8 Å². The molecule has 0 bridgehead atoms. The van der Waals surface area contributed by atoms with Crippen molar-refractivity contribution >= 4 is 36.3 Å². The lowest BCUT2D eigenvalue weighted by atomic mass is 10.0. The number of alkyl carbamates (subject to hydrolysis) is 1. The smallest absolute Gasteiger partial charge is 0.407 e. The highest BCUT2D eigenvalue weighted by molar-refractivity contribution is 5.88. The first-order valence-corrected chi connectivity index (χ1v) is 18.0. The zero-order chi connectivity index (χ0) is 38.9. The van der Waals surface area contributed by atoms with Crippen molar-refractivity contribution in [2.75, 3.05) is 39.1 Å². The van der Waals surface area contributed by atoms with E-state index in [0.29, 0.717) is 19.5 Å². The molecule has 1 aliphatic heterocycles. The first-order valence-electron chi connectivity index (χ1n) is 18.0. The Morgan fingerprint density at radius 2 is 1.54 bits per heavy atom. The Bertz CT molecular complexity index is 1420. The van der Waals surface area contributed by atoms with Crippen molar-refractivity contribution in [2.24, 2.45) is 17.6 Å². The van der Waals surface area contributed by atoms with Crippen LogP contribution in [0, 0.1) is 23.7 Å². The summed E-state index contributed by atoms with van der Waals surface area (Å²) in [5, 5.41) is 12.1. The van der Waals surface area contributed by atoms with E-state index in [0.717, 1.165) is 50.6 Å². The molecule has 1 fully saturated rings. The van der Waals surface area contributed by atoms with Crippen molar-refractivity contribution in [3.63, 3.8) is 0 Å². The summed E-state index contributed by atoms with van der Waals surface area (Å²) in [4.78, 5) is 57.0. The number of hydrogen-bond acceptors (Lipinski definition) is 8. The van der Waals surface area contributed by atoms with Gasteiger partial charge in [-0.25, -0.2) is 4.79 Å². The fourth-order valence-corrected chi connectivity index (χ4v) is 5.60. The zero-order valence-electron chi connectivity index (χ0n) is 32.0. The number of ether oxygens (including phenoxy) is 1. The van der Waals surface area contributed by atoms with Crippen molar-refractivity contribution in [1.82, 2.24) is 20.9 Å².